The van der Waals surface area contributed by atoms with Crippen LogP contribution in [0.15, 0.2) is 23.6 Å². The van der Waals surface area contributed by atoms with Crippen LogP contribution >= 0.6 is 11.3 Å². The lowest BCUT2D eigenvalue weighted by molar-refractivity contribution is -0.125. The van der Waals surface area contributed by atoms with Gasteiger partial charge in [-0.1, -0.05) is 0 Å². The Hall–Kier alpha value is -2.21. The molecule has 0 saturated carbocycles. The van der Waals surface area contributed by atoms with Crippen LogP contribution in [0.5, 0.6) is 5.75 Å². The molecular weight excluding hydrogens is 300 g/mol. The molecule has 0 aliphatic carbocycles. The Morgan fingerprint density at radius 2 is 2.23 bits per heavy atom. The zero-order valence-electron chi connectivity index (χ0n) is 12.6. The van der Waals surface area contributed by atoms with E-state index in [1.807, 2.05) is 30.5 Å². The van der Waals surface area contributed by atoms with Gasteiger partial charge in [-0.3, -0.25) is 14.5 Å². The molecule has 0 N–H and O–H groups in total. The van der Waals surface area contributed by atoms with E-state index in [4.69, 9.17) is 4.74 Å². The zero-order valence-corrected chi connectivity index (χ0v) is 13.4. The first-order chi connectivity index (χ1) is 10.5. The third-order valence-corrected chi connectivity index (χ3v) is 4.50. The summed E-state index contributed by atoms with van der Waals surface area (Å²) in [6.45, 7) is 5.12. The number of ether oxygens (including phenoxy) is 1. The highest BCUT2D eigenvalue weighted by Gasteiger charge is 2.31. The maximum Gasteiger partial charge on any atom is 0.265 e. The van der Waals surface area contributed by atoms with Crippen LogP contribution in [-0.4, -0.2) is 29.3 Å². The summed E-state index contributed by atoms with van der Waals surface area (Å²) in [5, 5.41) is 2.95. The van der Waals surface area contributed by atoms with E-state index in [9.17, 15) is 9.59 Å². The fraction of sp³-hybridized carbons (Fsp3) is 0.312. The van der Waals surface area contributed by atoms with Crippen molar-refractivity contribution in [2.24, 2.45) is 0 Å². The number of fused-ring (bicyclic) bond motifs is 1. The van der Waals surface area contributed by atoms with Gasteiger partial charge in [0.1, 0.15) is 5.75 Å². The van der Waals surface area contributed by atoms with Gasteiger partial charge in [0.15, 0.2) is 12.4 Å². The van der Waals surface area contributed by atoms with Crippen molar-refractivity contribution in [1.29, 1.82) is 0 Å². The summed E-state index contributed by atoms with van der Waals surface area (Å²) in [6, 6.07) is 5.09. The number of hydrogen-bond acceptors (Lipinski definition) is 5. The number of aryl methyl sites for hydroxylation is 1. The number of amides is 1. The van der Waals surface area contributed by atoms with Crippen molar-refractivity contribution in [3.63, 3.8) is 0 Å². The van der Waals surface area contributed by atoms with E-state index in [1.54, 1.807) is 18.3 Å². The lowest BCUT2D eigenvalue weighted by Crippen LogP contribution is -2.47. The van der Waals surface area contributed by atoms with Gasteiger partial charge in [0, 0.05) is 10.9 Å². The van der Waals surface area contributed by atoms with Gasteiger partial charge in [-0.15, -0.1) is 11.3 Å². The topological polar surface area (TPSA) is 59.5 Å². The number of benzene rings is 1. The average Bonchev–Trinajstić information content (AvgIpc) is 2.92. The van der Waals surface area contributed by atoms with Crippen molar-refractivity contribution in [1.82, 2.24) is 4.98 Å². The highest BCUT2D eigenvalue weighted by atomic mass is 32.1. The van der Waals surface area contributed by atoms with Crippen LogP contribution in [0.2, 0.25) is 0 Å². The van der Waals surface area contributed by atoms with Crippen molar-refractivity contribution >= 4 is 28.7 Å². The number of rotatable bonds is 3. The average molecular weight is 316 g/mol. The molecule has 1 aliphatic heterocycles. The molecule has 0 radical (unpaired) electrons. The molecule has 1 aromatic carbocycles. The molecule has 0 spiro atoms. The Morgan fingerprint density at radius 3 is 2.86 bits per heavy atom. The number of Topliss-reactive ketones (excluding diaryl/α,β-unsaturated/α-hetero) is 1. The van der Waals surface area contributed by atoms with Gasteiger partial charge < -0.3 is 4.74 Å². The number of ketones is 1. The largest absolute Gasteiger partial charge is 0.482 e. The molecule has 1 aliphatic rings. The molecule has 114 valence electrons. The number of nitrogens with zero attached hydrogens (tertiary/aromatic N) is 2. The van der Waals surface area contributed by atoms with Crippen LogP contribution in [0, 0.1) is 6.92 Å². The maximum atomic E-state index is 12.2. The van der Waals surface area contributed by atoms with Crippen molar-refractivity contribution in [3.8, 4) is 17.0 Å². The van der Waals surface area contributed by atoms with Crippen molar-refractivity contribution in [2.45, 2.75) is 26.8 Å². The molecule has 1 amide bonds. The van der Waals surface area contributed by atoms with Crippen LogP contribution in [0.3, 0.4) is 0 Å². The van der Waals surface area contributed by atoms with E-state index in [1.165, 1.54) is 11.8 Å². The summed E-state index contributed by atoms with van der Waals surface area (Å²) in [5.41, 5.74) is 2.39. The standard InChI is InChI=1S/C16H16N2O3S/c1-9(10(2)19)18-14-6-12(13-8-22-11(3)17-13)4-5-15(14)21-7-16(18)20/h4-6,8-9H,7H2,1-3H3. The number of thiazole rings is 1. The Bertz CT molecular complexity index is 754. The molecular formula is C16H16N2O3S. The molecule has 2 heterocycles. The Labute approximate surface area is 132 Å². The Balaban J connectivity index is 2.08. The van der Waals surface area contributed by atoms with Crippen LogP contribution in [-0.2, 0) is 9.59 Å². The van der Waals surface area contributed by atoms with E-state index in [0.717, 1.165) is 16.3 Å². The highest BCUT2D eigenvalue weighted by molar-refractivity contribution is 7.09. The summed E-state index contributed by atoms with van der Waals surface area (Å²) >= 11 is 1.57. The molecule has 0 bridgehead atoms. The highest BCUT2D eigenvalue weighted by Crippen LogP contribution is 2.37. The van der Waals surface area contributed by atoms with Crippen LogP contribution in [0.4, 0.5) is 5.69 Å². The second kappa shape index (κ2) is 5.53. The molecule has 0 saturated heterocycles. The van der Waals surface area contributed by atoms with Crippen LogP contribution in [0.25, 0.3) is 11.3 Å². The van der Waals surface area contributed by atoms with Crippen molar-refractivity contribution in [2.75, 3.05) is 11.5 Å². The predicted octanol–water partition coefficient (Wildman–Crippen LogP) is 2.82. The number of aromatic nitrogens is 1. The summed E-state index contributed by atoms with van der Waals surface area (Å²) in [5.74, 6) is 0.348. The van der Waals surface area contributed by atoms with E-state index in [2.05, 4.69) is 4.98 Å². The monoisotopic (exact) mass is 316 g/mol. The molecule has 1 atom stereocenters. The van der Waals surface area contributed by atoms with Crippen LogP contribution < -0.4 is 9.64 Å². The lowest BCUT2D eigenvalue weighted by Gasteiger charge is -2.33. The van der Waals surface area contributed by atoms with Gasteiger partial charge in [-0.05, 0) is 39.0 Å². The van der Waals surface area contributed by atoms with E-state index in [-0.39, 0.29) is 18.3 Å². The molecule has 6 heteroatoms. The first-order valence-electron chi connectivity index (χ1n) is 6.99. The molecule has 22 heavy (non-hydrogen) atoms. The zero-order chi connectivity index (χ0) is 15.9. The van der Waals surface area contributed by atoms with Gasteiger partial charge in [0.05, 0.1) is 22.4 Å². The van der Waals surface area contributed by atoms with Gasteiger partial charge in [-0.2, -0.15) is 0 Å². The van der Waals surface area contributed by atoms with Gasteiger partial charge in [0.2, 0.25) is 0 Å². The van der Waals surface area contributed by atoms with E-state index >= 15 is 0 Å². The van der Waals surface area contributed by atoms with Crippen molar-refractivity contribution < 1.29 is 14.3 Å². The minimum atomic E-state index is -0.512. The predicted molar refractivity (Wildman–Crippen MR) is 85.4 cm³/mol. The number of anilines is 1. The fourth-order valence-electron chi connectivity index (χ4n) is 2.43. The smallest absolute Gasteiger partial charge is 0.265 e. The van der Waals surface area contributed by atoms with Gasteiger partial charge >= 0.3 is 0 Å². The normalized spacial score (nSPS) is 15.2. The van der Waals surface area contributed by atoms with E-state index in [0.29, 0.717) is 11.4 Å². The van der Waals surface area contributed by atoms with Crippen LogP contribution in [0.1, 0.15) is 18.9 Å². The quantitative estimate of drug-likeness (QED) is 0.873. The first kappa shape index (κ1) is 14.7. The summed E-state index contributed by atoms with van der Waals surface area (Å²) < 4.78 is 5.47. The fourth-order valence-corrected chi connectivity index (χ4v) is 3.05. The molecule has 1 aromatic heterocycles. The number of hydrogen-bond donors (Lipinski definition) is 0. The Morgan fingerprint density at radius 1 is 1.45 bits per heavy atom. The van der Waals surface area contributed by atoms with Gasteiger partial charge in [-0.25, -0.2) is 4.98 Å². The number of carbonyl (C=O) groups is 2. The third-order valence-electron chi connectivity index (χ3n) is 3.73. The Kier molecular flexibility index (Phi) is 3.70. The molecule has 2 aromatic rings. The minimum absolute atomic E-state index is 0.0419. The second-order valence-corrected chi connectivity index (χ2v) is 6.34. The maximum absolute atomic E-state index is 12.2. The summed E-state index contributed by atoms with van der Waals surface area (Å²) in [7, 11) is 0. The molecule has 0 fully saturated rings. The third kappa shape index (κ3) is 2.50. The minimum Gasteiger partial charge on any atom is -0.482 e. The SMILES string of the molecule is CC(=O)C(C)N1C(=O)COc2ccc(-c3csc(C)n3)cc21. The molecule has 3 rings (SSSR count). The lowest BCUT2D eigenvalue weighted by atomic mass is 10.1. The second-order valence-electron chi connectivity index (χ2n) is 5.27. The van der Waals surface area contributed by atoms with Gasteiger partial charge in [0.25, 0.3) is 5.91 Å². The first-order valence-corrected chi connectivity index (χ1v) is 7.87. The summed E-state index contributed by atoms with van der Waals surface area (Å²) in [4.78, 5) is 29.9. The molecule has 5 nitrogen and oxygen atoms in total. The van der Waals surface area contributed by atoms with E-state index < -0.39 is 6.04 Å². The van der Waals surface area contributed by atoms with Crippen molar-refractivity contribution in [3.05, 3.63) is 28.6 Å². The summed E-state index contributed by atoms with van der Waals surface area (Å²) in [6.07, 6.45) is 0. The number of carbonyl (C=O) groups excluding carboxylic acids is 2. The molecule has 1 unspecified atom stereocenters.